The van der Waals surface area contributed by atoms with Crippen LogP contribution < -0.4 is 10.6 Å². The predicted molar refractivity (Wildman–Crippen MR) is 157 cm³/mol. The van der Waals surface area contributed by atoms with Gasteiger partial charge in [-0.05, 0) is 81.0 Å². The van der Waals surface area contributed by atoms with Crippen molar-refractivity contribution in [1.29, 1.82) is 0 Å². The largest absolute Gasteiger partial charge is 0.443 e. The number of carbonyl (C=O) groups is 1. The summed E-state index contributed by atoms with van der Waals surface area (Å²) in [6.07, 6.45) is 3.42. The summed E-state index contributed by atoms with van der Waals surface area (Å²) in [6, 6.07) is 12.1. The molecule has 0 radical (unpaired) electrons. The number of allylic oxidation sites excluding steroid dienone is 1. The normalized spacial score (nSPS) is 17.5. The second-order valence-electron chi connectivity index (χ2n) is 10.6. The van der Waals surface area contributed by atoms with Crippen LogP contribution in [-0.4, -0.2) is 53.5 Å². The SMILES string of the molecule is C/C=C(N=O)/N=C(\C1=C(C)CN(c2cccc3cccc(Cl)c23)CC1)N1C=C(N)N(C(=O)OC(C)(C)C)CC1. The molecule has 4 rings (SSSR count). The number of hydrogen-bond donors (Lipinski definition) is 1. The van der Waals surface area contributed by atoms with Gasteiger partial charge in [0.2, 0.25) is 0 Å². The van der Waals surface area contributed by atoms with Gasteiger partial charge in [0.05, 0.1) is 5.02 Å². The van der Waals surface area contributed by atoms with Crippen LogP contribution in [0.1, 0.15) is 41.0 Å². The van der Waals surface area contributed by atoms with Crippen LogP contribution >= 0.6 is 11.6 Å². The maximum atomic E-state index is 12.7. The molecule has 0 saturated carbocycles. The number of hydrogen-bond acceptors (Lipinski definition) is 7. The molecule has 0 aliphatic carbocycles. The molecule has 0 spiro atoms. The van der Waals surface area contributed by atoms with E-state index in [1.807, 2.05) is 43.9 Å². The quantitative estimate of drug-likeness (QED) is 0.270. The number of anilines is 1. The fraction of sp³-hybridized carbons (Fsp3) is 0.379. The van der Waals surface area contributed by atoms with Gasteiger partial charge in [0, 0.05) is 43.5 Å². The van der Waals surface area contributed by atoms with Crippen molar-refractivity contribution in [2.45, 2.75) is 46.6 Å². The molecule has 0 saturated heterocycles. The van der Waals surface area contributed by atoms with E-state index in [-0.39, 0.29) is 11.6 Å². The van der Waals surface area contributed by atoms with Gasteiger partial charge in [0.25, 0.3) is 0 Å². The molecule has 2 N–H and O–H groups in total. The maximum Gasteiger partial charge on any atom is 0.416 e. The van der Waals surface area contributed by atoms with Crippen molar-refractivity contribution in [3.8, 4) is 0 Å². The molecule has 0 unspecified atom stereocenters. The minimum atomic E-state index is -0.637. The van der Waals surface area contributed by atoms with Crippen LogP contribution in [-0.2, 0) is 4.74 Å². The number of fused-ring (bicyclic) bond motifs is 1. The van der Waals surface area contributed by atoms with E-state index in [0.717, 1.165) is 39.2 Å². The Bertz CT molecular complexity index is 1400. The molecule has 39 heavy (non-hydrogen) atoms. The lowest BCUT2D eigenvalue weighted by atomic mass is 9.97. The number of amides is 1. The lowest BCUT2D eigenvalue weighted by Gasteiger charge is -2.37. The van der Waals surface area contributed by atoms with Gasteiger partial charge >= 0.3 is 6.09 Å². The lowest BCUT2D eigenvalue weighted by molar-refractivity contribution is 0.0290. The first-order chi connectivity index (χ1) is 18.5. The van der Waals surface area contributed by atoms with E-state index >= 15 is 0 Å². The molecule has 0 aromatic heterocycles. The van der Waals surface area contributed by atoms with E-state index in [1.54, 1.807) is 19.2 Å². The van der Waals surface area contributed by atoms with Gasteiger partial charge in [-0.1, -0.05) is 35.9 Å². The number of nitroso groups, excluding NO2 is 1. The molecule has 2 aromatic rings. The van der Waals surface area contributed by atoms with E-state index in [4.69, 9.17) is 22.1 Å². The van der Waals surface area contributed by atoms with Crippen molar-refractivity contribution in [3.63, 3.8) is 0 Å². The lowest BCUT2D eigenvalue weighted by Crippen LogP contribution is -2.48. The van der Waals surface area contributed by atoms with E-state index in [2.05, 4.69) is 40.2 Å². The number of rotatable bonds is 4. The van der Waals surface area contributed by atoms with Gasteiger partial charge in [-0.15, -0.1) is 4.91 Å². The highest BCUT2D eigenvalue weighted by Gasteiger charge is 2.31. The molecule has 2 aliphatic rings. The van der Waals surface area contributed by atoms with Crippen molar-refractivity contribution in [3.05, 3.63) is 81.4 Å². The van der Waals surface area contributed by atoms with Crippen LogP contribution in [0, 0.1) is 4.91 Å². The van der Waals surface area contributed by atoms with Crippen molar-refractivity contribution in [2.24, 2.45) is 15.9 Å². The monoisotopic (exact) mass is 550 g/mol. The van der Waals surface area contributed by atoms with Gasteiger partial charge in [-0.25, -0.2) is 9.79 Å². The number of halogens is 1. The van der Waals surface area contributed by atoms with Crippen LogP contribution in [0.2, 0.25) is 5.02 Å². The zero-order valence-corrected chi connectivity index (χ0v) is 23.8. The Morgan fingerprint density at radius 3 is 2.46 bits per heavy atom. The topological polar surface area (TPSA) is 104 Å². The Morgan fingerprint density at radius 2 is 1.85 bits per heavy atom. The van der Waals surface area contributed by atoms with E-state index in [9.17, 15) is 9.70 Å². The third-order valence-corrected chi connectivity index (χ3v) is 6.95. The number of nitrogens with zero attached hydrogens (tertiary/aromatic N) is 5. The molecular weight excluding hydrogens is 516 g/mol. The van der Waals surface area contributed by atoms with E-state index < -0.39 is 11.7 Å². The number of nitrogens with two attached hydrogens (primary N) is 1. The summed E-state index contributed by atoms with van der Waals surface area (Å²) in [6.45, 7) is 11.3. The average molecular weight is 551 g/mol. The van der Waals surface area contributed by atoms with Crippen LogP contribution in [0.15, 0.2) is 81.6 Å². The maximum absolute atomic E-state index is 12.7. The van der Waals surface area contributed by atoms with Gasteiger partial charge in [-0.3, -0.25) is 4.90 Å². The Hall–Kier alpha value is -3.85. The summed E-state index contributed by atoms with van der Waals surface area (Å²) in [7, 11) is 0. The van der Waals surface area contributed by atoms with Gasteiger partial charge < -0.3 is 20.3 Å². The van der Waals surface area contributed by atoms with Crippen molar-refractivity contribution >= 4 is 40.0 Å². The molecule has 2 aromatic carbocycles. The fourth-order valence-corrected chi connectivity index (χ4v) is 5.11. The summed E-state index contributed by atoms with van der Waals surface area (Å²) >= 11 is 6.60. The van der Waals surface area contributed by atoms with Crippen molar-refractivity contribution in [2.75, 3.05) is 31.1 Å². The second-order valence-corrected chi connectivity index (χ2v) is 11.0. The Kier molecular flexibility index (Phi) is 8.30. The minimum Gasteiger partial charge on any atom is -0.443 e. The summed E-state index contributed by atoms with van der Waals surface area (Å²) in [5, 5.41) is 5.92. The van der Waals surface area contributed by atoms with Crippen molar-refractivity contribution < 1.29 is 9.53 Å². The number of aliphatic imine (C=N–C) groups is 1. The van der Waals surface area contributed by atoms with Gasteiger partial charge in [0.15, 0.2) is 5.82 Å². The summed E-state index contributed by atoms with van der Waals surface area (Å²) in [5.74, 6) is 0.920. The molecule has 0 bridgehead atoms. The minimum absolute atomic E-state index is 0.0788. The standard InChI is InChI=1S/C29H35ClN6O3/c1-6-25(33-38)32-27(35-15-16-36(24(31)18-35)28(37)39-29(3,4)5)21-13-14-34(17-19(21)2)23-12-8-10-20-9-7-11-22(30)26(20)23/h6-12,18H,13-17,31H2,1-5H3/b25-6-,32-27+. The van der Waals surface area contributed by atoms with Crippen LogP contribution in [0.5, 0.6) is 0 Å². The number of amidine groups is 1. The Morgan fingerprint density at radius 1 is 1.13 bits per heavy atom. The fourth-order valence-electron chi connectivity index (χ4n) is 4.83. The molecule has 9 nitrogen and oxygen atoms in total. The Labute approximate surface area is 234 Å². The third kappa shape index (κ3) is 6.25. The molecule has 2 heterocycles. The first-order valence-electron chi connectivity index (χ1n) is 13.0. The molecule has 1 amide bonds. The Balaban J connectivity index is 1.67. The zero-order valence-electron chi connectivity index (χ0n) is 23.1. The predicted octanol–water partition coefficient (Wildman–Crippen LogP) is 6.36. The number of carbonyl (C=O) groups excluding carboxylic acids is 1. The number of benzene rings is 2. The zero-order chi connectivity index (χ0) is 28.3. The molecule has 206 valence electrons. The van der Waals surface area contributed by atoms with Crippen molar-refractivity contribution in [1.82, 2.24) is 9.80 Å². The second kappa shape index (κ2) is 11.5. The average Bonchev–Trinajstić information content (AvgIpc) is 2.88. The highest BCUT2D eigenvalue weighted by atomic mass is 35.5. The first-order valence-corrected chi connectivity index (χ1v) is 13.3. The van der Waals surface area contributed by atoms with Gasteiger partial charge in [0.1, 0.15) is 17.3 Å². The van der Waals surface area contributed by atoms with Gasteiger partial charge in [-0.2, -0.15) is 0 Å². The highest BCUT2D eigenvalue weighted by molar-refractivity contribution is 6.36. The smallest absolute Gasteiger partial charge is 0.416 e. The molecule has 10 heteroatoms. The van der Waals surface area contributed by atoms with Crippen LogP contribution in [0.3, 0.4) is 0 Å². The van der Waals surface area contributed by atoms with Crippen LogP contribution in [0.25, 0.3) is 10.8 Å². The third-order valence-electron chi connectivity index (χ3n) is 6.64. The first kappa shape index (κ1) is 28.2. The van der Waals surface area contributed by atoms with E-state index in [0.29, 0.717) is 31.9 Å². The van der Waals surface area contributed by atoms with E-state index in [1.165, 1.54) is 4.90 Å². The summed E-state index contributed by atoms with van der Waals surface area (Å²) in [4.78, 5) is 34.3. The summed E-state index contributed by atoms with van der Waals surface area (Å²) in [5.41, 5.74) is 8.86. The molecule has 0 atom stereocenters. The van der Waals surface area contributed by atoms with Crippen LogP contribution in [0.4, 0.5) is 10.5 Å². The molecule has 2 aliphatic heterocycles. The highest BCUT2D eigenvalue weighted by Crippen LogP contribution is 2.35. The number of ether oxygens (including phenoxy) is 1. The summed E-state index contributed by atoms with van der Waals surface area (Å²) < 4.78 is 5.50. The molecule has 0 fully saturated rings. The molecular formula is C29H35ClN6O3.